The first-order valence-electron chi connectivity index (χ1n) is 7.56. The van der Waals surface area contributed by atoms with Gasteiger partial charge in [0.25, 0.3) is 5.91 Å². The Balaban J connectivity index is 1.46. The predicted molar refractivity (Wildman–Crippen MR) is 84.6 cm³/mol. The Kier molecular flexibility index (Phi) is 3.94. The quantitative estimate of drug-likeness (QED) is 0.740. The number of carbonyl (C=O) groups excluding carboxylic acids is 1. The van der Waals surface area contributed by atoms with Crippen LogP contribution in [0.25, 0.3) is 11.4 Å². The molecule has 3 aromatic rings. The Morgan fingerprint density at radius 1 is 1.19 bits per heavy atom. The lowest BCUT2D eigenvalue weighted by atomic mass is 10.1. The topological polar surface area (TPSA) is 93.8 Å². The number of hydrogen-bond donors (Lipinski definition) is 1. The highest BCUT2D eigenvalue weighted by Crippen LogP contribution is 2.42. The molecule has 0 atom stereocenters. The van der Waals surface area contributed by atoms with Crippen LogP contribution in [0, 0.1) is 0 Å². The molecule has 0 spiro atoms. The largest absolute Gasteiger partial charge is 0.471 e. The van der Waals surface area contributed by atoms with E-state index in [-0.39, 0.29) is 11.7 Å². The van der Waals surface area contributed by atoms with Gasteiger partial charge in [0.1, 0.15) is 5.01 Å². The molecule has 0 bridgehead atoms. The van der Waals surface area contributed by atoms with Gasteiger partial charge in [-0.1, -0.05) is 28.6 Å². The fraction of sp³-hybridized carbons (Fsp3) is 0.267. The molecule has 2 heterocycles. The number of anilines is 1. The second kappa shape index (κ2) is 6.16. The van der Waals surface area contributed by atoms with Crippen molar-refractivity contribution >= 4 is 22.4 Å². The van der Waals surface area contributed by atoms with Gasteiger partial charge in [-0.15, -0.1) is 10.2 Å². The van der Waals surface area contributed by atoms with E-state index in [4.69, 9.17) is 0 Å². The van der Waals surface area contributed by atoms with Crippen LogP contribution in [0.1, 0.15) is 40.0 Å². The second-order valence-electron chi connectivity index (χ2n) is 5.67. The first-order valence-corrected chi connectivity index (χ1v) is 8.38. The molecule has 0 aliphatic heterocycles. The molecule has 134 valence electrons. The smallest absolute Gasteiger partial charge is 0.329 e. The summed E-state index contributed by atoms with van der Waals surface area (Å²) in [5, 5.41) is 15.2. The Hall–Kier alpha value is -2.82. The van der Waals surface area contributed by atoms with Crippen molar-refractivity contribution in [1.82, 2.24) is 20.3 Å². The molecule has 0 unspecified atom stereocenters. The number of halogens is 3. The van der Waals surface area contributed by atoms with Crippen LogP contribution in [0.4, 0.5) is 18.3 Å². The lowest BCUT2D eigenvalue weighted by Crippen LogP contribution is -2.11. The van der Waals surface area contributed by atoms with Crippen molar-refractivity contribution in [3.05, 3.63) is 40.7 Å². The molecule has 4 rings (SSSR count). The number of carbonyl (C=O) groups is 1. The summed E-state index contributed by atoms with van der Waals surface area (Å²) in [6, 6.07) is 5.79. The number of rotatable bonds is 4. The maximum atomic E-state index is 12.5. The van der Waals surface area contributed by atoms with E-state index in [1.165, 1.54) is 35.6 Å². The van der Waals surface area contributed by atoms with Crippen LogP contribution in [0.5, 0.6) is 0 Å². The van der Waals surface area contributed by atoms with E-state index in [9.17, 15) is 18.0 Å². The van der Waals surface area contributed by atoms with Crippen LogP contribution >= 0.6 is 11.3 Å². The first kappa shape index (κ1) is 16.6. The molecule has 1 fully saturated rings. The summed E-state index contributed by atoms with van der Waals surface area (Å²) in [5.41, 5.74) is 0.615. The number of aromatic nitrogens is 4. The Labute approximate surface area is 148 Å². The molecular weight excluding hydrogens is 371 g/mol. The minimum Gasteiger partial charge on any atom is -0.329 e. The third-order valence-electron chi connectivity index (χ3n) is 3.66. The van der Waals surface area contributed by atoms with Gasteiger partial charge in [0.2, 0.25) is 11.0 Å². The molecule has 0 radical (unpaired) electrons. The van der Waals surface area contributed by atoms with Crippen molar-refractivity contribution < 1.29 is 22.5 Å². The molecule has 1 aliphatic rings. The summed E-state index contributed by atoms with van der Waals surface area (Å²) in [7, 11) is 0. The van der Waals surface area contributed by atoms with E-state index < -0.39 is 12.1 Å². The Morgan fingerprint density at radius 2 is 1.92 bits per heavy atom. The van der Waals surface area contributed by atoms with Crippen molar-refractivity contribution in [1.29, 1.82) is 0 Å². The van der Waals surface area contributed by atoms with E-state index in [1.807, 2.05) is 0 Å². The third-order valence-corrected chi connectivity index (χ3v) is 4.66. The molecule has 1 saturated carbocycles. The van der Waals surface area contributed by atoms with Crippen LogP contribution < -0.4 is 5.32 Å². The van der Waals surface area contributed by atoms with Crippen molar-refractivity contribution in [3.8, 4) is 11.4 Å². The van der Waals surface area contributed by atoms with Crippen LogP contribution in [0.3, 0.4) is 0 Å². The van der Waals surface area contributed by atoms with E-state index in [1.54, 1.807) is 0 Å². The van der Waals surface area contributed by atoms with Crippen molar-refractivity contribution in [2.45, 2.75) is 24.9 Å². The Morgan fingerprint density at radius 3 is 2.54 bits per heavy atom. The van der Waals surface area contributed by atoms with Crippen molar-refractivity contribution in [3.63, 3.8) is 0 Å². The number of nitrogens with zero attached hydrogens (tertiary/aromatic N) is 4. The zero-order chi connectivity index (χ0) is 18.3. The highest BCUT2D eigenvalue weighted by Gasteiger charge is 2.38. The molecule has 1 aliphatic carbocycles. The highest BCUT2D eigenvalue weighted by molar-refractivity contribution is 7.15. The van der Waals surface area contributed by atoms with E-state index in [0.29, 0.717) is 22.2 Å². The normalized spacial score (nSPS) is 14.4. The molecule has 11 heteroatoms. The van der Waals surface area contributed by atoms with Crippen LogP contribution in [0.15, 0.2) is 28.8 Å². The summed E-state index contributed by atoms with van der Waals surface area (Å²) < 4.78 is 41.7. The molecule has 1 amide bonds. The molecular formula is C15H10F3N5O2S. The van der Waals surface area contributed by atoms with Gasteiger partial charge in [-0.25, -0.2) is 0 Å². The number of benzene rings is 1. The van der Waals surface area contributed by atoms with Gasteiger partial charge in [0.05, 0.1) is 0 Å². The number of alkyl halides is 3. The van der Waals surface area contributed by atoms with Crippen molar-refractivity contribution in [2.75, 3.05) is 5.32 Å². The van der Waals surface area contributed by atoms with Gasteiger partial charge < -0.3 is 4.52 Å². The molecule has 7 nitrogen and oxygen atoms in total. The summed E-state index contributed by atoms with van der Waals surface area (Å²) >= 11 is 1.34. The summed E-state index contributed by atoms with van der Waals surface area (Å²) in [5.74, 6) is -1.56. The molecule has 0 saturated heterocycles. The van der Waals surface area contributed by atoms with Gasteiger partial charge in [0, 0.05) is 17.0 Å². The SMILES string of the molecule is O=C(Nc1nnc(C2CC2)s1)c1ccc(-c2noc(C(F)(F)F)n2)cc1. The van der Waals surface area contributed by atoms with Crippen LogP contribution in [0.2, 0.25) is 0 Å². The standard InChI is InChI=1S/C15H10F3N5O2S/c16-15(17,18)13-19-10(23-25-13)7-1-3-8(4-2-7)11(24)20-14-22-21-12(26-14)9-5-6-9/h1-4,9H,5-6H2,(H,20,22,24). The van der Waals surface area contributed by atoms with Crippen molar-refractivity contribution in [2.24, 2.45) is 0 Å². The fourth-order valence-electron chi connectivity index (χ4n) is 2.18. The maximum Gasteiger partial charge on any atom is 0.471 e. The molecule has 2 aromatic heterocycles. The average Bonchev–Trinajstić information content (AvgIpc) is 3.14. The second-order valence-corrected chi connectivity index (χ2v) is 6.68. The third kappa shape index (κ3) is 3.43. The van der Waals surface area contributed by atoms with E-state index in [2.05, 4.69) is 30.2 Å². The summed E-state index contributed by atoms with van der Waals surface area (Å²) in [6.07, 6.45) is -2.52. The van der Waals surface area contributed by atoms with Gasteiger partial charge in [-0.05, 0) is 25.0 Å². The Bertz CT molecular complexity index is 947. The number of hydrogen-bond acceptors (Lipinski definition) is 7. The van der Waals surface area contributed by atoms with Gasteiger partial charge in [-0.2, -0.15) is 18.2 Å². The number of nitrogens with one attached hydrogen (secondary N) is 1. The molecule has 26 heavy (non-hydrogen) atoms. The average molecular weight is 381 g/mol. The van der Waals surface area contributed by atoms with Crippen LogP contribution in [-0.4, -0.2) is 26.2 Å². The molecule has 1 N–H and O–H groups in total. The number of amides is 1. The lowest BCUT2D eigenvalue weighted by Gasteiger charge is -2.02. The summed E-state index contributed by atoms with van der Waals surface area (Å²) in [6.45, 7) is 0. The van der Waals surface area contributed by atoms with E-state index in [0.717, 1.165) is 17.8 Å². The first-order chi connectivity index (χ1) is 12.4. The predicted octanol–water partition coefficient (Wildman–Crippen LogP) is 3.74. The fourth-order valence-corrected chi connectivity index (χ4v) is 3.08. The highest BCUT2D eigenvalue weighted by atomic mass is 32.1. The zero-order valence-corrected chi connectivity index (χ0v) is 13.8. The van der Waals surface area contributed by atoms with Gasteiger partial charge in [-0.3, -0.25) is 10.1 Å². The maximum absolute atomic E-state index is 12.5. The van der Waals surface area contributed by atoms with Gasteiger partial charge >= 0.3 is 12.1 Å². The minimum atomic E-state index is -4.70. The monoisotopic (exact) mass is 381 g/mol. The zero-order valence-electron chi connectivity index (χ0n) is 12.9. The lowest BCUT2D eigenvalue weighted by molar-refractivity contribution is -0.159. The van der Waals surface area contributed by atoms with E-state index >= 15 is 0 Å². The summed E-state index contributed by atoms with van der Waals surface area (Å²) in [4.78, 5) is 15.5. The van der Waals surface area contributed by atoms with Crippen LogP contribution in [-0.2, 0) is 6.18 Å². The minimum absolute atomic E-state index is 0.206. The molecule has 1 aromatic carbocycles. The van der Waals surface area contributed by atoms with Gasteiger partial charge in [0.15, 0.2) is 0 Å².